The van der Waals surface area contributed by atoms with Gasteiger partial charge in [0.05, 0.1) is 6.61 Å². The summed E-state index contributed by atoms with van der Waals surface area (Å²) in [4.78, 5) is 0. The van der Waals surface area contributed by atoms with E-state index in [0.29, 0.717) is 18.6 Å². The fourth-order valence-electron chi connectivity index (χ4n) is 2.10. The lowest BCUT2D eigenvalue weighted by Gasteiger charge is -2.39. The van der Waals surface area contributed by atoms with E-state index >= 15 is 0 Å². The molecule has 0 aliphatic carbocycles. The molecule has 26 heavy (non-hydrogen) atoms. The highest BCUT2D eigenvalue weighted by molar-refractivity contribution is 8.14. The van der Waals surface area contributed by atoms with Crippen molar-refractivity contribution in [3.05, 3.63) is 0 Å². The van der Waals surface area contributed by atoms with Crippen LogP contribution in [0.2, 0.25) is 0 Å². The number of hydrogen-bond donors (Lipinski definition) is 5. The van der Waals surface area contributed by atoms with E-state index in [9.17, 15) is 27.9 Å². The third kappa shape index (κ3) is 8.14. The number of thioether (sulfide) groups is 1. The van der Waals surface area contributed by atoms with Gasteiger partial charge in [-0.3, -0.25) is 8.76 Å². The third-order valence-electron chi connectivity index (χ3n) is 3.41. The van der Waals surface area contributed by atoms with Crippen molar-refractivity contribution < 1.29 is 46.6 Å². The Morgan fingerprint density at radius 1 is 1.23 bits per heavy atom. The van der Waals surface area contributed by atoms with Gasteiger partial charge in [-0.2, -0.15) is 8.42 Å². The second-order valence-electron chi connectivity index (χ2n) is 5.54. The molecule has 0 saturated carbocycles. The minimum atomic E-state index is -4.83. The standard InChI is InChI=1S/C12H23NO10S3/c1-25(18)5-3-2-4-8(13-23-26(19,20)21)24-12-11(17)10(16)9(15)7(6-14)22-12/h7,9-12,14-17H,2-6H2,1H3,(H,19,20,21)/b13-8+/t7-,9+,10+,11+,12+,25+/m0/s1. The maximum absolute atomic E-state index is 11.1. The molecule has 0 aromatic carbocycles. The molecule has 0 spiro atoms. The topological polar surface area (TPSA) is 183 Å². The molecule has 1 aliphatic heterocycles. The second kappa shape index (κ2) is 10.9. The van der Waals surface area contributed by atoms with E-state index in [-0.39, 0.29) is 11.5 Å². The number of aliphatic hydroxyl groups excluding tert-OH is 4. The van der Waals surface area contributed by atoms with Crippen molar-refractivity contribution in [3.8, 4) is 0 Å². The Balaban J connectivity index is 2.80. The first-order valence-electron chi connectivity index (χ1n) is 7.55. The number of unbranched alkanes of at least 4 members (excludes halogenated alkanes) is 1. The van der Waals surface area contributed by atoms with Gasteiger partial charge in [0.1, 0.15) is 34.9 Å². The molecule has 0 radical (unpaired) electrons. The molecule has 1 heterocycles. The van der Waals surface area contributed by atoms with Crippen molar-refractivity contribution in [2.45, 2.75) is 49.1 Å². The van der Waals surface area contributed by atoms with Crippen molar-refractivity contribution >= 4 is 38.0 Å². The molecule has 1 saturated heterocycles. The SMILES string of the molecule is C[S@@](=O)CCCC/C(=N\OS(=O)(=O)O)S[C@H]1O[C@@H](CO)[C@@H](O)[C@@H](O)[C@H]1O. The van der Waals surface area contributed by atoms with Gasteiger partial charge in [-0.1, -0.05) is 16.9 Å². The fraction of sp³-hybridized carbons (Fsp3) is 0.917. The molecule has 0 unspecified atom stereocenters. The Bertz CT molecular complexity index is 596. The normalized spacial score (nSPS) is 31.6. The summed E-state index contributed by atoms with van der Waals surface area (Å²) in [6.07, 6.45) is -3.09. The van der Waals surface area contributed by atoms with Crippen molar-refractivity contribution in [1.82, 2.24) is 0 Å². The van der Waals surface area contributed by atoms with E-state index < -0.39 is 57.7 Å². The Morgan fingerprint density at radius 3 is 2.42 bits per heavy atom. The molecule has 1 aliphatic rings. The Labute approximate surface area is 157 Å². The van der Waals surface area contributed by atoms with Gasteiger partial charge in [0.2, 0.25) is 0 Å². The number of rotatable bonds is 9. The summed E-state index contributed by atoms with van der Waals surface area (Å²) in [5.41, 5.74) is -1.17. The smallest absolute Gasteiger partial charge is 0.394 e. The van der Waals surface area contributed by atoms with E-state index in [4.69, 9.17) is 14.4 Å². The van der Waals surface area contributed by atoms with Crippen LogP contribution in [-0.4, -0.2) is 91.1 Å². The largest absolute Gasteiger partial charge is 0.466 e. The quantitative estimate of drug-likeness (QED) is 0.0901. The summed E-state index contributed by atoms with van der Waals surface area (Å²) in [6.45, 7) is -0.613. The van der Waals surface area contributed by atoms with E-state index in [1.807, 2.05) is 0 Å². The third-order valence-corrected chi connectivity index (χ3v) is 5.71. The molecule has 5 N–H and O–H groups in total. The lowest BCUT2D eigenvalue weighted by Crippen LogP contribution is -2.57. The molecule has 0 bridgehead atoms. The number of oxime groups is 1. The first-order valence-corrected chi connectivity index (χ1v) is 11.5. The molecule has 1 fully saturated rings. The summed E-state index contributed by atoms with van der Waals surface area (Å²) in [6, 6.07) is 0. The predicted molar refractivity (Wildman–Crippen MR) is 94.2 cm³/mol. The zero-order valence-corrected chi connectivity index (χ0v) is 16.3. The highest BCUT2D eigenvalue weighted by atomic mass is 32.3. The minimum Gasteiger partial charge on any atom is -0.394 e. The van der Waals surface area contributed by atoms with Gasteiger partial charge < -0.3 is 25.2 Å². The van der Waals surface area contributed by atoms with E-state index in [0.717, 1.165) is 11.8 Å². The summed E-state index contributed by atoms with van der Waals surface area (Å²) < 4.78 is 50.4. The van der Waals surface area contributed by atoms with Crippen LogP contribution in [0.5, 0.6) is 0 Å². The highest BCUT2D eigenvalue weighted by Gasteiger charge is 2.44. The van der Waals surface area contributed by atoms with Gasteiger partial charge >= 0.3 is 10.4 Å². The molecular weight excluding hydrogens is 414 g/mol. The van der Waals surface area contributed by atoms with Gasteiger partial charge in [0, 0.05) is 22.8 Å². The van der Waals surface area contributed by atoms with Crippen molar-refractivity contribution in [3.63, 3.8) is 0 Å². The number of ether oxygens (including phenoxy) is 1. The molecule has 0 aromatic rings. The van der Waals surface area contributed by atoms with Crippen molar-refractivity contribution in [1.29, 1.82) is 0 Å². The average Bonchev–Trinajstić information content (AvgIpc) is 2.55. The Kier molecular flexibility index (Phi) is 9.92. The number of aliphatic hydroxyl groups is 4. The average molecular weight is 438 g/mol. The van der Waals surface area contributed by atoms with E-state index in [1.165, 1.54) is 0 Å². The van der Waals surface area contributed by atoms with E-state index in [2.05, 4.69) is 9.44 Å². The number of nitrogens with zero attached hydrogens (tertiary/aromatic N) is 1. The van der Waals surface area contributed by atoms with Gasteiger partial charge in [0.25, 0.3) is 0 Å². The molecular formula is C12H23NO10S3. The summed E-state index contributed by atoms with van der Waals surface area (Å²) >= 11 is 0.717. The zero-order chi connectivity index (χ0) is 19.9. The van der Waals surface area contributed by atoms with Crippen LogP contribution in [0.3, 0.4) is 0 Å². The molecule has 11 nitrogen and oxygen atoms in total. The van der Waals surface area contributed by atoms with Gasteiger partial charge in [-0.25, -0.2) is 4.28 Å². The number of hydrogen-bond acceptors (Lipinski definition) is 11. The predicted octanol–water partition coefficient (Wildman–Crippen LogP) is -1.80. The van der Waals surface area contributed by atoms with Crippen molar-refractivity contribution in [2.24, 2.45) is 5.16 Å². The summed E-state index contributed by atoms with van der Waals surface area (Å²) in [5, 5.41) is 42.0. The van der Waals surface area contributed by atoms with Crippen LogP contribution < -0.4 is 0 Å². The minimum absolute atomic E-state index is 0.0221. The summed E-state index contributed by atoms with van der Waals surface area (Å²) in [7, 11) is -5.83. The van der Waals surface area contributed by atoms with Crippen LogP contribution >= 0.6 is 11.8 Å². The molecule has 6 atom stereocenters. The zero-order valence-electron chi connectivity index (χ0n) is 13.9. The van der Waals surface area contributed by atoms with Crippen molar-refractivity contribution in [2.75, 3.05) is 18.6 Å². The maximum atomic E-state index is 11.1. The van der Waals surface area contributed by atoms with Crippen LogP contribution in [-0.2, 0) is 30.2 Å². The van der Waals surface area contributed by atoms with Crippen LogP contribution in [0, 0.1) is 0 Å². The van der Waals surface area contributed by atoms with Gasteiger partial charge in [-0.05, 0) is 19.3 Å². The van der Waals surface area contributed by atoms with Gasteiger partial charge in [-0.15, -0.1) is 0 Å². The summed E-state index contributed by atoms with van der Waals surface area (Å²) in [5.74, 6) is 0.428. The van der Waals surface area contributed by atoms with E-state index in [1.54, 1.807) is 6.26 Å². The van der Waals surface area contributed by atoms with Crippen LogP contribution in [0.25, 0.3) is 0 Å². The Morgan fingerprint density at radius 2 is 1.88 bits per heavy atom. The fourth-order valence-corrected chi connectivity index (χ4v) is 4.05. The monoisotopic (exact) mass is 437 g/mol. The maximum Gasteiger partial charge on any atom is 0.466 e. The molecule has 0 amide bonds. The highest BCUT2D eigenvalue weighted by Crippen LogP contribution is 2.30. The lowest BCUT2D eigenvalue weighted by atomic mass is 10.0. The lowest BCUT2D eigenvalue weighted by molar-refractivity contribution is -0.205. The Hall–Kier alpha value is -0.320. The van der Waals surface area contributed by atoms with Crippen LogP contribution in [0.15, 0.2) is 5.16 Å². The second-order valence-corrected chi connectivity index (χ2v) is 9.27. The van der Waals surface area contributed by atoms with Crippen LogP contribution in [0.1, 0.15) is 19.3 Å². The van der Waals surface area contributed by atoms with Crippen LogP contribution in [0.4, 0.5) is 0 Å². The molecule has 0 aromatic heterocycles. The molecule has 14 heteroatoms. The molecule has 154 valence electrons. The molecule has 1 rings (SSSR count). The first kappa shape index (κ1) is 23.7. The first-order chi connectivity index (χ1) is 12.0. The van der Waals surface area contributed by atoms with Gasteiger partial charge in [0.15, 0.2) is 0 Å².